The number of hydrogen-bond acceptors (Lipinski definition) is 4. The van der Waals surface area contributed by atoms with Crippen molar-refractivity contribution in [2.75, 3.05) is 0 Å². The van der Waals surface area contributed by atoms with Crippen molar-refractivity contribution < 1.29 is 0 Å². The van der Waals surface area contributed by atoms with Gasteiger partial charge in [-0.15, -0.1) is 5.10 Å². The summed E-state index contributed by atoms with van der Waals surface area (Å²) >= 11 is 3.45. The molecule has 3 rings (SSSR count). The van der Waals surface area contributed by atoms with Gasteiger partial charge in [0, 0.05) is 6.42 Å². The highest BCUT2D eigenvalue weighted by atomic mass is 79.9. The zero-order valence-electron chi connectivity index (χ0n) is 11.6. The van der Waals surface area contributed by atoms with E-state index in [1.807, 2.05) is 36.4 Å². The Kier molecular flexibility index (Phi) is 4.06. The molecule has 0 spiro atoms. The van der Waals surface area contributed by atoms with Gasteiger partial charge in [0.2, 0.25) is 0 Å². The molecule has 1 aromatic carbocycles. The summed E-state index contributed by atoms with van der Waals surface area (Å²) in [6.45, 7) is 2.11. The summed E-state index contributed by atoms with van der Waals surface area (Å²) < 4.78 is 2.56. The molecule has 2 aromatic heterocycles. The van der Waals surface area contributed by atoms with Gasteiger partial charge in [-0.05, 0) is 40.5 Å². The van der Waals surface area contributed by atoms with Crippen molar-refractivity contribution in [2.24, 2.45) is 0 Å². The quantitative estimate of drug-likeness (QED) is 0.681. The third kappa shape index (κ3) is 3.00. The number of rotatable bonds is 4. The number of nitrogens with zero attached hydrogens (tertiary/aromatic N) is 5. The maximum absolute atomic E-state index is 4.61. The third-order valence-corrected chi connectivity index (χ3v) is 3.43. The molecule has 0 aliphatic heterocycles. The molecule has 0 radical (unpaired) electrons. The van der Waals surface area contributed by atoms with Gasteiger partial charge < -0.3 is 0 Å². The van der Waals surface area contributed by atoms with Gasteiger partial charge in [0.1, 0.15) is 16.1 Å². The van der Waals surface area contributed by atoms with E-state index in [0.717, 1.165) is 40.3 Å². The van der Waals surface area contributed by atoms with Gasteiger partial charge in [-0.1, -0.05) is 30.3 Å². The van der Waals surface area contributed by atoms with Crippen molar-refractivity contribution in [3.63, 3.8) is 0 Å². The summed E-state index contributed by atoms with van der Waals surface area (Å²) in [5.41, 5.74) is 2.62. The second kappa shape index (κ2) is 6.13. The van der Waals surface area contributed by atoms with Crippen LogP contribution in [0.5, 0.6) is 0 Å². The molecule has 0 aliphatic rings. The molecule has 0 bridgehead atoms. The van der Waals surface area contributed by atoms with E-state index >= 15 is 0 Å². The van der Waals surface area contributed by atoms with E-state index in [1.54, 1.807) is 10.9 Å². The lowest BCUT2D eigenvalue weighted by Crippen LogP contribution is -2.02. The monoisotopic (exact) mass is 343 g/mol. The van der Waals surface area contributed by atoms with Gasteiger partial charge >= 0.3 is 0 Å². The first-order chi connectivity index (χ1) is 10.3. The van der Waals surface area contributed by atoms with Crippen molar-refractivity contribution in [1.82, 2.24) is 25.0 Å². The van der Waals surface area contributed by atoms with Crippen LogP contribution in [0.25, 0.3) is 17.1 Å². The van der Waals surface area contributed by atoms with Crippen LogP contribution in [0.4, 0.5) is 0 Å². The first-order valence-corrected chi connectivity index (χ1v) is 7.57. The van der Waals surface area contributed by atoms with Crippen molar-refractivity contribution in [3.05, 3.63) is 53.0 Å². The van der Waals surface area contributed by atoms with Crippen molar-refractivity contribution in [3.8, 4) is 17.1 Å². The van der Waals surface area contributed by atoms with Crippen LogP contribution in [-0.4, -0.2) is 25.0 Å². The largest absolute Gasteiger partial charge is 0.231 e. The Bertz CT molecular complexity index is 739. The number of para-hydroxylation sites is 1. The van der Waals surface area contributed by atoms with Crippen LogP contribution in [-0.2, 0) is 6.42 Å². The molecule has 0 fully saturated rings. The summed E-state index contributed by atoms with van der Waals surface area (Å²) in [5.74, 6) is 0.822. The smallest absolute Gasteiger partial charge is 0.130 e. The molecule has 0 N–H and O–H groups in total. The maximum Gasteiger partial charge on any atom is 0.130 e. The van der Waals surface area contributed by atoms with Crippen LogP contribution >= 0.6 is 15.9 Å². The van der Waals surface area contributed by atoms with Gasteiger partial charge in [0.15, 0.2) is 0 Å². The minimum Gasteiger partial charge on any atom is -0.231 e. The molecule has 106 valence electrons. The number of hydrogen-bond donors (Lipinski definition) is 0. The summed E-state index contributed by atoms with van der Waals surface area (Å²) in [4.78, 5) is 9.00. The summed E-state index contributed by atoms with van der Waals surface area (Å²) in [6, 6.07) is 11.8. The van der Waals surface area contributed by atoms with Crippen molar-refractivity contribution in [2.45, 2.75) is 19.8 Å². The average Bonchev–Trinajstić information content (AvgIpc) is 2.97. The molecular weight excluding hydrogens is 330 g/mol. The molecule has 0 saturated heterocycles. The van der Waals surface area contributed by atoms with Gasteiger partial charge in [-0.3, -0.25) is 0 Å². The van der Waals surface area contributed by atoms with Crippen LogP contribution in [0.3, 0.4) is 0 Å². The third-order valence-electron chi connectivity index (χ3n) is 3.03. The van der Waals surface area contributed by atoms with E-state index in [2.05, 4.69) is 43.1 Å². The minimum absolute atomic E-state index is 0.775. The van der Waals surface area contributed by atoms with E-state index in [1.165, 1.54) is 0 Å². The zero-order chi connectivity index (χ0) is 14.7. The first-order valence-electron chi connectivity index (χ1n) is 6.78. The Morgan fingerprint density at radius 1 is 1.14 bits per heavy atom. The molecule has 3 aromatic rings. The standard InChI is InChI=1S/C15H14BrN5/c1-2-6-15-18-12(9-14(16)19-15)13-10-17-20-21(13)11-7-4-3-5-8-11/h3-5,7-10H,2,6H2,1H3. The molecule has 5 nitrogen and oxygen atoms in total. The molecule has 21 heavy (non-hydrogen) atoms. The van der Waals surface area contributed by atoms with Gasteiger partial charge in [0.05, 0.1) is 17.6 Å². The Hall–Kier alpha value is -2.08. The number of halogens is 1. The van der Waals surface area contributed by atoms with E-state index in [4.69, 9.17) is 0 Å². The SMILES string of the molecule is CCCc1nc(Br)cc(-c2cnnn2-c2ccccc2)n1. The van der Waals surface area contributed by atoms with Crippen LogP contribution in [0, 0.1) is 0 Å². The van der Waals surface area contributed by atoms with Gasteiger partial charge in [-0.2, -0.15) is 0 Å². The number of aromatic nitrogens is 5. The zero-order valence-corrected chi connectivity index (χ0v) is 13.2. The van der Waals surface area contributed by atoms with Crippen LogP contribution in [0.15, 0.2) is 47.2 Å². The normalized spacial score (nSPS) is 10.8. The highest BCUT2D eigenvalue weighted by Gasteiger charge is 2.12. The molecule has 0 aliphatic carbocycles. The summed E-state index contributed by atoms with van der Waals surface area (Å²) in [7, 11) is 0. The summed E-state index contributed by atoms with van der Waals surface area (Å²) in [6.07, 6.45) is 3.57. The molecule has 0 amide bonds. The first kappa shape index (κ1) is 13.9. The molecule has 2 heterocycles. The molecule has 0 saturated carbocycles. The molecule has 0 unspecified atom stereocenters. The Balaban J connectivity index is 2.08. The Morgan fingerprint density at radius 2 is 1.95 bits per heavy atom. The topological polar surface area (TPSA) is 56.5 Å². The van der Waals surface area contributed by atoms with Crippen LogP contribution < -0.4 is 0 Å². The molecule has 6 heteroatoms. The van der Waals surface area contributed by atoms with Crippen molar-refractivity contribution in [1.29, 1.82) is 0 Å². The maximum atomic E-state index is 4.61. The Morgan fingerprint density at radius 3 is 2.71 bits per heavy atom. The fourth-order valence-electron chi connectivity index (χ4n) is 2.10. The lowest BCUT2D eigenvalue weighted by molar-refractivity contribution is 0.799. The predicted octanol–water partition coefficient (Wildman–Crippen LogP) is 3.44. The Labute approximate surface area is 131 Å². The average molecular weight is 344 g/mol. The minimum atomic E-state index is 0.775. The second-order valence-electron chi connectivity index (χ2n) is 4.61. The van der Waals surface area contributed by atoms with E-state index < -0.39 is 0 Å². The lowest BCUT2D eigenvalue weighted by atomic mass is 10.2. The van der Waals surface area contributed by atoms with E-state index in [0.29, 0.717) is 0 Å². The fraction of sp³-hybridized carbons (Fsp3) is 0.200. The molecule has 0 atom stereocenters. The number of aryl methyl sites for hydroxylation is 1. The van der Waals surface area contributed by atoms with Gasteiger partial charge in [0.25, 0.3) is 0 Å². The van der Waals surface area contributed by atoms with E-state index in [-0.39, 0.29) is 0 Å². The molecular formula is C15H14BrN5. The predicted molar refractivity (Wildman–Crippen MR) is 84.1 cm³/mol. The van der Waals surface area contributed by atoms with Gasteiger partial charge in [-0.25, -0.2) is 14.6 Å². The van der Waals surface area contributed by atoms with Crippen molar-refractivity contribution >= 4 is 15.9 Å². The van der Waals surface area contributed by atoms with Crippen LogP contribution in [0.1, 0.15) is 19.2 Å². The highest BCUT2D eigenvalue weighted by molar-refractivity contribution is 9.10. The number of benzene rings is 1. The second-order valence-corrected chi connectivity index (χ2v) is 5.42. The lowest BCUT2D eigenvalue weighted by Gasteiger charge is -2.07. The highest BCUT2D eigenvalue weighted by Crippen LogP contribution is 2.22. The van der Waals surface area contributed by atoms with Crippen LogP contribution in [0.2, 0.25) is 0 Å². The van der Waals surface area contributed by atoms with E-state index in [9.17, 15) is 0 Å². The summed E-state index contributed by atoms with van der Waals surface area (Å²) in [5, 5.41) is 8.18. The fourth-order valence-corrected chi connectivity index (χ4v) is 2.52.